The fourth-order valence-corrected chi connectivity index (χ4v) is 3.15. The average Bonchev–Trinajstić information content (AvgIpc) is 2.66. The van der Waals surface area contributed by atoms with E-state index in [2.05, 4.69) is 10.6 Å². The van der Waals surface area contributed by atoms with Crippen LogP contribution in [-0.4, -0.2) is 18.5 Å². The summed E-state index contributed by atoms with van der Waals surface area (Å²) in [7, 11) is 0. The molecule has 2 aromatic carbocycles. The van der Waals surface area contributed by atoms with Gasteiger partial charge in [0.05, 0.1) is 0 Å². The van der Waals surface area contributed by atoms with Gasteiger partial charge in [-0.15, -0.1) is 0 Å². The van der Waals surface area contributed by atoms with E-state index in [1.165, 1.54) is 12.1 Å². The van der Waals surface area contributed by atoms with Gasteiger partial charge in [-0.25, -0.2) is 9.18 Å². The van der Waals surface area contributed by atoms with Gasteiger partial charge in [-0.05, 0) is 48.2 Å². The smallest absolute Gasteiger partial charge is 0.319 e. The second kappa shape index (κ2) is 8.20. The zero-order chi connectivity index (χ0) is 19.4. The highest BCUT2D eigenvalue weighted by molar-refractivity contribution is 5.97. The van der Waals surface area contributed by atoms with Crippen molar-refractivity contribution in [3.05, 3.63) is 59.4 Å². The van der Waals surface area contributed by atoms with Crippen molar-refractivity contribution in [2.24, 2.45) is 5.92 Å². The molecule has 1 aliphatic heterocycles. The van der Waals surface area contributed by atoms with Crippen LogP contribution in [0.4, 0.5) is 20.6 Å². The Kier molecular flexibility index (Phi) is 5.74. The maximum atomic E-state index is 12.9. The van der Waals surface area contributed by atoms with Crippen molar-refractivity contribution < 1.29 is 14.0 Å². The molecule has 0 atom stereocenters. The van der Waals surface area contributed by atoms with Gasteiger partial charge < -0.3 is 15.5 Å². The number of hydrogen-bond acceptors (Lipinski definition) is 2. The van der Waals surface area contributed by atoms with Gasteiger partial charge in [0, 0.05) is 30.4 Å². The van der Waals surface area contributed by atoms with E-state index in [0.717, 1.165) is 29.7 Å². The molecule has 27 heavy (non-hydrogen) atoms. The number of nitrogens with one attached hydrogen (secondary N) is 2. The molecule has 0 saturated carbocycles. The minimum Gasteiger partial charge on any atom is -0.334 e. The molecule has 0 fully saturated rings. The molecule has 0 aromatic heterocycles. The molecular formula is C21H24FN3O2. The summed E-state index contributed by atoms with van der Waals surface area (Å²) in [5.41, 5.74) is 3.43. The fraction of sp³-hybridized carbons (Fsp3) is 0.333. The first-order valence-corrected chi connectivity index (χ1v) is 9.17. The van der Waals surface area contributed by atoms with E-state index in [4.69, 9.17) is 0 Å². The molecule has 1 aliphatic rings. The van der Waals surface area contributed by atoms with E-state index >= 15 is 0 Å². The minimum atomic E-state index is -0.350. The molecule has 2 aromatic rings. The molecule has 0 saturated heterocycles. The van der Waals surface area contributed by atoms with Crippen LogP contribution in [0.25, 0.3) is 0 Å². The van der Waals surface area contributed by atoms with Crippen LogP contribution in [-0.2, 0) is 17.8 Å². The summed E-state index contributed by atoms with van der Waals surface area (Å²) in [4.78, 5) is 26.5. The third-order valence-corrected chi connectivity index (χ3v) is 4.59. The quantitative estimate of drug-likeness (QED) is 0.853. The van der Waals surface area contributed by atoms with Gasteiger partial charge in [-0.3, -0.25) is 4.79 Å². The number of aryl methyl sites for hydroxylation is 1. The molecule has 5 nitrogen and oxygen atoms in total. The van der Waals surface area contributed by atoms with Gasteiger partial charge in [-0.1, -0.05) is 32.0 Å². The van der Waals surface area contributed by atoms with Gasteiger partial charge in [0.1, 0.15) is 5.82 Å². The first-order chi connectivity index (χ1) is 12.9. The number of anilines is 2. The largest absolute Gasteiger partial charge is 0.334 e. The summed E-state index contributed by atoms with van der Waals surface area (Å²) in [5.74, 6) is -0.293. The Bertz CT molecular complexity index is 834. The van der Waals surface area contributed by atoms with E-state index in [-0.39, 0.29) is 23.7 Å². The molecule has 2 N–H and O–H groups in total. The van der Waals surface area contributed by atoms with Gasteiger partial charge in [0.25, 0.3) is 0 Å². The Hall–Kier alpha value is -2.89. The molecule has 1 heterocycles. The van der Waals surface area contributed by atoms with Crippen molar-refractivity contribution in [1.82, 2.24) is 5.32 Å². The van der Waals surface area contributed by atoms with E-state index in [1.807, 2.05) is 36.9 Å². The van der Waals surface area contributed by atoms with Crippen molar-refractivity contribution in [2.45, 2.75) is 33.2 Å². The van der Waals surface area contributed by atoms with Crippen molar-refractivity contribution in [3.8, 4) is 0 Å². The van der Waals surface area contributed by atoms with E-state index in [0.29, 0.717) is 18.8 Å². The van der Waals surface area contributed by atoms with Crippen LogP contribution in [0.15, 0.2) is 42.5 Å². The molecule has 0 unspecified atom stereocenters. The average molecular weight is 369 g/mol. The zero-order valence-electron chi connectivity index (χ0n) is 15.6. The maximum absolute atomic E-state index is 12.9. The number of hydrogen-bond donors (Lipinski definition) is 2. The summed E-state index contributed by atoms with van der Waals surface area (Å²) in [6.45, 7) is 4.78. The van der Waals surface area contributed by atoms with Crippen LogP contribution in [0.5, 0.6) is 0 Å². The normalized spacial score (nSPS) is 13.3. The number of nitrogens with zero attached hydrogens (tertiary/aromatic N) is 1. The molecule has 3 amide bonds. The molecular weight excluding hydrogens is 345 g/mol. The number of rotatable bonds is 4. The zero-order valence-corrected chi connectivity index (χ0v) is 15.6. The number of carbonyl (C=O) groups excluding carboxylic acids is 2. The molecule has 0 spiro atoms. The Morgan fingerprint density at radius 1 is 1.15 bits per heavy atom. The molecule has 6 heteroatoms. The topological polar surface area (TPSA) is 61.4 Å². The lowest BCUT2D eigenvalue weighted by Crippen LogP contribution is -2.38. The lowest BCUT2D eigenvalue weighted by molar-refractivity contribution is -0.121. The van der Waals surface area contributed by atoms with Gasteiger partial charge in [0.15, 0.2) is 0 Å². The second-order valence-electron chi connectivity index (χ2n) is 7.03. The van der Waals surface area contributed by atoms with E-state index in [9.17, 15) is 14.0 Å². The highest BCUT2D eigenvalue weighted by atomic mass is 19.1. The Morgan fingerprint density at radius 2 is 1.89 bits per heavy atom. The maximum Gasteiger partial charge on any atom is 0.319 e. The third-order valence-electron chi connectivity index (χ3n) is 4.59. The number of fused-ring (bicyclic) bond motifs is 1. The number of urea groups is 1. The van der Waals surface area contributed by atoms with Crippen LogP contribution in [0.3, 0.4) is 0 Å². The lowest BCUT2D eigenvalue weighted by atomic mass is 9.99. The van der Waals surface area contributed by atoms with Crippen molar-refractivity contribution in [2.75, 3.05) is 16.8 Å². The van der Waals surface area contributed by atoms with Crippen LogP contribution in [0, 0.1) is 11.7 Å². The number of benzene rings is 2. The fourth-order valence-electron chi connectivity index (χ4n) is 3.15. The summed E-state index contributed by atoms with van der Waals surface area (Å²) in [6, 6.07) is 11.3. The molecule has 0 radical (unpaired) electrons. The Labute approximate surface area is 158 Å². The van der Waals surface area contributed by atoms with Gasteiger partial charge >= 0.3 is 6.03 Å². The SMILES string of the molecule is CC(C)C(=O)N1CCCc2ccc(NC(=O)NCc3ccc(F)cc3)cc21. The predicted octanol–water partition coefficient (Wildman–Crippen LogP) is 4.08. The first kappa shape index (κ1) is 18.9. The Morgan fingerprint density at radius 3 is 2.59 bits per heavy atom. The van der Waals surface area contributed by atoms with Crippen molar-refractivity contribution >= 4 is 23.3 Å². The van der Waals surface area contributed by atoms with Crippen LogP contribution < -0.4 is 15.5 Å². The summed E-state index contributed by atoms with van der Waals surface area (Å²) in [5, 5.41) is 5.55. The van der Waals surface area contributed by atoms with Gasteiger partial charge in [-0.2, -0.15) is 0 Å². The van der Waals surface area contributed by atoms with Gasteiger partial charge in [0.2, 0.25) is 5.91 Å². The standard InChI is InChI=1S/C21H24FN3O2/c1-14(2)20(26)25-11-3-4-16-7-10-18(12-19(16)25)24-21(27)23-13-15-5-8-17(22)9-6-15/h5-10,12,14H,3-4,11,13H2,1-2H3,(H2,23,24,27). The highest BCUT2D eigenvalue weighted by Crippen LogP contribution is 2.31. The third kappa shape index (κ3) is 4.64. The summed E-state index contributed by atoms with van der Waals surface area (Å²) >= 11 is 0. The molecule has 0 aliphatic carbocycles. The second-order valence-corrected chi connectivity index (χ2v) is 7.03. The number of amides is 3. The first-order valence-electron chi connectivity index (χ1n) is 9.17. The molecule has 3 rings (SSSR count). The van der Waals surface area contributed by atoms with Crippen LogP contribution in [0.1, 0.15) is 31.4 Å². The highest BCUT2D eigenvalue weighted by Gasteiger charge is 2.24. The number of halogens is 1. The Balaban J connectivity index is 1.67. The van der Waals surface area contributed by atoms with Crippen LogP contribution in [0.2, 0.25) is 0 Å². The van der Waals surface area contributed by atoms with Crippen molar-refractivity contribution in [1.29, 1.82) is 0 Å². The minimum absolute atomic E-state index is 0.0772. The van der Waals surface area contributed by atoms with Crippen molar-refractivity contribution in [3.63, 3.8) is 0 Å². The molecule has 0 bridgehead atoms. The van der Waals surface area contributed by atoms with E-state index in [1.54, 1.807) is 12.1 Å². The van der Waals surface area contributed by atoms with E-state index < -0.39 is 0 Å². The molecule has 142 valence electrons. The number of carbonyl (C=O) groups is 2. The van der Waals surface area contributed by atoms with Crippen LogP contribution >= 0.6 is 0 Å². The summed E-state index contributed by atoms with van der Waals surface area (Å²) in [6.07, 6.45) is 1.87. The predicted molar refractivity (Wildman–Crippen MR) is 104 cm³/mol. The monoisotopic (exact) mass is 369 g/mol. The summed E-state index contributed by atoms with van der Waals surface area (Å²) < 4.78 is 12.9. The lowest BCUT2D eigenvalue weighted by Gasteiger charge is -2.31.